The Morgan fingerprint density at radius 1 is 1.21 bits per heavy atom. The molecule has 1 aromatic rings. The molecule has 1 aromatic carbocycles. The van der Waals surface area contributed by atoms with E-state index in [2.05, 4.69) is 4.99 Å². The van der Waals surface area contributed by atoms with Gasteiger partial charge in [0.05, 0.1) is 6.61 Å². The molecule has 2 fully saturated rings. The normalized spacial score (nSPS) is 22.3. The minimum absolute atomic E-state index is 0.00330. The number of hydrogen-bond donors (Lipinski definition) is 1. The van der Waals surface area contributed by atoms with Crippen LogP contribution in [-0.2, 0) is 14.4 Å². The number of benzene rings is 1. The zero-order valence-electron chi connectivity index (χ0n) is 18.9. The Kier molecular flexibility index (Phi) is 7.07. The highest BCUT2D eigenvalue weighted by atomic mass is 32.2. The zero-order chi connectivity index (χ0) is 23.4. The van der Waals surface area contributed by atoms with E-state index in [4.69, 9.17) is 10.5 Å². The fraction of sp³-hybridized carbons (Fsp3) is 0.500. The number of carbonyl (C=O) groups is 3. The third-order valence-corrected chi connectivity index (χ3v) is 7.66. The van der Waals surface area contributed by atoms with E-state index >= 15 is 0 Å². The first kappa shape index (κ1) is 23.4. The molecule has 3 amide bonds. The second-order valence-electron chi connectivity index (χ2n) is 8.79. The number of para-hydroxylation sites is 1. The molecule has 9 heteroatoms. The monoisotopic (exact) mass is 470 g/mol. The van der Waals surface area contributed by atoms with Crippen LogP contribution in [-0.4, -0.2) is 70.7 Å². The van der Waals surface area contributed by atoms with Crippen LogP contribution >= 0.6 is 11.8 Å². The van der Waals surface area contributed by atoms with Crippen molar-refractivity contribution in [2.45, 2.75) is 37.9 Å². The highest BCUT2D eigenvalue weighted by Gasteiger charge is 2.43. The summed E-state index contributed by atoms with van der Waals surface area (Å²) in [7, 11) is 0. The molecule has 2 N–H and O–H groups in total. The number of nitrogens with two attached hydrogens (primary N) is 1. The minimum atomic E-state index is -0.492. The Hall–Kier alpha value is -2.81. The molecule has 3 heterocycles. The summed E-state index contributed by atoms with van der Waals surface area (Å²) < 4.78 is 5.62. The predicted octanol–water partition coefficient (Wildman–Crippen LogP) is 2.29. The molecule has 3 aliphatic heterocycles. The van der Waals surface area contributed by atoms with Crippen LogP contribution in [0.4, 0.5) is 0 Å². The lowest BCUT2D eigenvalue weighted by atomic mass is 9.78. The van der Waals surface area contributed by atoms with Crippen molar-refractivity contribution in [3.05, 3.63) is 35.9 Å². The number of rotatable bonds is 6. The molecule has 1 atom stereocenters. The lowest BCUT2D eigenvalue weighted by molar-refractivity contribution is -0.133. The molecule has 0 bridgehead atoms. The van der Waals surface area contributed by atoms with Crippen molar-refractivity contribution in [3.8, 4) is 5.75 Å². The number of hydrogen-bond acceptors (Lipinski definition) is 6. The summed E-state index contributed by atoms with van der Waals surface area (Å²) in [6.45, 7) is 5.25. The van der Waals surface area contributed by atoms with Crippen molar-refractivity contribution in [2.24, 2.45) is 16.1 Å². The van der Waals surface area contributed by atoms with Gasteiger partial charge in [0.25, 0.3) is 5.91 Å². The molecule has 3 aliphatic rings. The number of nitrogens with zero attached hydrogens (tertiary/aromatic N) is 3. The maximum Gasteiger partial charge on any atom is 0.262 e. The molecule has 0 aliphatic carbocycles. The number of aliphatic imine (C=N–C) groups is 1. The average molecular weight is 471 g/mol. The van der Waals surface area contributed by atoms with E-state index in [1.807, 2.05) is 47.1 Å². The van der Waals surface area contributed by atoms with Crippen LogP contribution in [0.15, 0.2) is 35.3 Å². The number of thioether (sulfide) groups is 1. The summed E-state index contributed by atoms with van der Waals surface area (Å²) >= 11 is 1.17. The van der Waals surface area contributed by atoms with Crippen LogP contribution in [0.2, 0.25) is 0 Å². The average Bonchev–Trinajstić information content (AvgIpc) is 3.36. The van der Waals surface area contributed by atoms with E-state index in [0.29, 0.717) is 32.8 Å². The van der Waals surface area contributed by atoms with Crippen LogP contribution < -0.4 is 10.5 Å². The van der Waals surface area contributed by atoms with Crippen LogP contribution in [0.25, 0.3) is 6.08 Å². The largest absolute Gasteiger partial charge is 0.493 e. The lowest BCUT2D eigenvalue weighted by Crippen LogP contribution is -2.44. The van der Waals surface area contributed by atoms with E-state index in [9.17, 15) is 14.4 Å². The van der Waals surface area contributed by atoms with E-state index in [-0.39, 0.29) is 34.7 Å². The minimum Gasteiger partial charge on any atom is -0.493 e. The molecule has 0 radical (unpaired) electrons. The second-order valence-corrected chi connectivity index (χ2v) is 10.0. The fourth-order valence-corrected chi connectivity index (χ4v) is 5.56. The number of amides is 3. The third-order valence-electron chi connectivity index (χ3n) is 6.67. The Balaban J connectivity index is 1.28. The first-order valence-electron chi connectivity index (χ1n) is 11.4. The van der Waals surface area contributed by atoms with Gasteiger partial charge in [-0.2, -0.15) is 4.99 Å². The van der Waals surface area contributed by atoms with Crippen molar-refractivity contribution in [1.29, 1.82) is 0 Å². The van der Waals surface area contributed by atoms with Gasteiger partial charge in [0.1, 0.15) is 11.0 Å². The van der Waals surface area contributed by atoms with E-state index in [1.54, 1.807) is 6.08 Å². The molecule has 2 saturated heterocycles. The highest BCUT2D eigenvalue weighted by molar-refractivity contribution is 8.15. The van der Waals surface area contributed by atoms with Gasteiger partial charge in [0.2, 0.25) is 11.8 Å². The summed E-state index contributed by atoms with van der Waals surface area (Å²) in [5.41, 5.74) is 6.54. The molecular weight excluding hydrogens is 440 g/mol. The highest BCUT2D eigenvalue weighted by Crippen LogP contribution is 2.41. The van der Waals surface area contributed by atoms with Crippen molar-refractivity contribution in [2.75, 3.05) is 32.8 Å². The van der Waals surface area contributed by atoms with Crippen molar-refractivity contribution in [3.63, 3.8) is 0 Å². The van der Waals surface area contributed by atoms with Gasteiger partial charge in [0.15, 0.2) is 5.17 Å². The summed E-state index contributed by atoms with van der Waals surface area (Å²) in [5.74, 6) is 0.432. The van der Waals surface area contributed by atoms with Crippen LogP contribution in [0, 0.1) is 5.41 Å². The number of likely N-dealkylation sites (tertiary alicyclic amines) is 2. The quantitative estimate of drug-likeness (QED) is 0.640. The summed E-state index contributed by atoms with van der Waals surface area (Å²) in [4.78, 5) is 44.7. The molecule has 0 aromatic heterocycles. The molecule has 8 nitrogen and oxygen atoms in total. The summed E-state index contributed by atoms with van der Waals surface area (Å²) in [6.07, 6.45) is 6.25. The molecule has 33 heavy (non-hydrogen) atoms. The van der Waals surface area contributed by atoms with Gasteiger partial charge in [-0.3, -0.25) is 14.4 Å². The molecule has 0 saturated carbocycles. The van der Waals surface area contributed by atoms with E-state index < -0.39 is 5.25 Å². The maximum atomic E-state index is 12.7. The molecular formula is C24H30N4O4S. The summed E-state index contributed by atoms with van der Waals surface area (Å²) in [6, 6.07) is 7.67. The topological polar surface area (TPSA) is 105 Å². The molecule has 1 unspecified atom stereocenters. The smallest absolute Gasteiger partial charge is 0.262 e. The SMILES string of the molecule is CCOc1ccccc1C=CC(=O)N1CCC2(CC1)CCN(C(=O)CC1SC(N)=NC1=O)C2. The van der Waals surface area contributed by atoms with E-state index in [1.165, 1.54) is 11.8 Å². The van der Waals surface area contributed by atoms with Gasteiger partial charge >= 0.3 is 0 Å². The Labute approximate surface area is 198 Å². The van der Waals surface area contributed by atoms with Gasteiger partial charge < -0.3 is 20.3 Å². The van der Waals surface area contributed by atoms with Crippen molar-refractivity contribution < 1.29 is 19.1 Å². The maximum absolute atomic E-state index is 12.7. The van der Waals surface area contributed by atoms with Crippen molar-refractivity contribution >= 4 is 40.7 Å². The first-order chi connectivity index (χ1) is 15.9. The van der Waals surface area contributed by atoms with Crippen molar-refractivity contribution in [1.82, 2.24) is 9.80 Å². The first-order valence-corrected chi connectivity index (χ1v) is 12.3. The van der Waals surface area contributed by atoms with E-state index in [0.717, 1.165) is 30.6 Å². The number of amidine groups is 1. The van der Waals surface area contributed by atoms with Gasteiger partial charge in [-0.05, 0) is 43.7 Å². The zero-order valence-corrected chi connectivity index (χ0v) is 19.7. The Morgan fingerprint density at radius 2 is 1.91 bits per heavy atom. The van der Waals surface area contributed by atoms with Gasteiger partial charge in [-0.1, -0.05) is 30.0 Å². The third kappa shape index (κ3) is 5.40. The van der Waals surface area contributed by atoms with Crippen LogP contribution in [0.3, 0.4) is 0 Å². The number of carbonyl (C=O) groups excluding carboxylic acids is 3. The van der Waals surface area contributed by atoms with Crippen LogP contribution in [0.5, 0.6) is 5.75 Å². The van der Waals surface area contributed by atoms with Gasteiger partial charge in [-0.25, -0.2) is 0 Å². The van der Waals surface area contributed by atoms with Gasteiger partial charge in [-0.15, -0.1) is 0 Å². The standard InChI is InChI=1S/C24H30N4O4S/c1-2-32-18-6-4-3-5-17(18)7-8-20(29)27-12-9-24(10-13-27)11-14-28(16-24)21(30)15-19-22(31)26-23(25)33-19/h3-8,19H,2,9-16H2,1H3,(H2,25,26,31). The molecule has 1 spiro atoms. The molecule has 4 rings (SSSR count). The fourth-order valence-electron chi connectivity index (χ4n) is 4.75. The number of piperidine rings is 1. The number of ether oxygens (including phenoxy) is 1. The lowest BCUT2D eigenvalue weighted by Gasteiger charge is -2.39. The summed E-state index contributed by atoms with van der Waals surface area (Å²) in [5, 5.41) is -0.253. The van der Waals surface area contributed by atoms with Crippen LogP contribution in [0.1, 0.15) is 38.2 Å². The molecule has 176 valence electrons. The van der Waals surface area contributed by atoms with Gasteiger partial charge in [0, 0.05) is 44.2 Å². The predicted molar refractivity (Wildman–Crippen MR) is 129 cm³/mol. The Morgan fingerprint density at radius 3 is 2.58 bits per heavy atom. The Bertz CT molecular complexity index is 984. The second kappa shape index (κ2) is 9.99.